The minimum absolute atomic E-state index is 0.252. The molecule has 0 saturated heterocycles. The molecule has 2 nitrogen and oxygen atoms in total. The topological polar surface area (TPSA) is 38.4 Å². The molecule has 0 unspecified atom stereocenters. The van der Waals surface area contributed by atoms with Gasteiger partial charge in [-0.05, 0) is 67.2 Å². The van der Waals surface area contributed by atoms with Crippen LogP contribution in [0, 0.1) is 5.92 Å². The van der Waals surface area contributed by atoms with Gasteiger partial charge in [-0.15, -0.1) is 11.8 Å². The Kier molecular flexibility index (Phi) is 11.5. The number of aliphatic imine (C=N–C) groups is 1. The molecule has 0 spiro atoms. The highest BCUT2D eigenvalue weighted by Gasteiger charge is 2.09. The first-order chi connectivity index (χ1) is 15.1. The number of allylic oxidation sites excluding steroid dienone is 7. The summed E-state index contributed by atoms with van der Waals surface area (Å²) >= 11 is 1.44. The standard InChI is InChI=1S/C28H35FN2S/c1-9-11-27(26(29)10-2)32-18-24-15-23(14-19(3)4)16-25(17-24)22(8)31-28(30)13-12-21(7)20(5)6/h9-13,15-17,19H,1,5,7-8,14,18H2,2-4,6H3,(H2,30,31)/b13-12-,26-10+,27-11+. The SMILES string of the molecule is C=C/C=C(SCc1cc(CC(C)C)cc(C(=C)N=C(N)/C=C\C(=C)C(=C)C)c1)\C(F)=C/C. The monoisotopic (exact) mass is 450 g/mol. The van der Waals surface area contributed by atoms with E-state index in [2.05, 4.69) is 57.3 Å². The zero-order valence-electron chi connectivity index (χ0n) is 19.7. The highest BCUT2D eigenvalue weighted by Crippen LogP contribution is 2.30. The maximum atomic E-state index is 14.1. The number of hydrogen-bond donors (Lipinski definition) is 1. The van der Waals surface area contributed by atoms with Crippen LogP contribution in [0.25, 0.3) is 5.70 Å². The number of nitrogens with zero attached hydrogens (tertiary/aromatic N) is 1. The maximum Gasteiger partial charge on any atom is 0.132 e. The van der Waals surface area contributed by atoms with Gasteiger partial charge in [0.2, 0.25) is 0 Å². The van der Waals surface area contributed by atoms with E-state index in [-0.39, 0.29) is 5.83 Å². The number of benzene rings is 1. The molecule has 170 valence electrons. The van der Waals surface area contributed by atoms with Crippen LogP contribution in [-0.2, 0) is 12.2 Å². The van der Waals surface area contributed by atoms with Crippen LogP contribution in [-0.4, -0.2) is 5.84 Å². The number of hydrogen-bond acceptors (Lipinski definition) is 2. The Morgan fingerprint density at radius 2 is 1.81 bits per heavy atom. The predicted octanol–water partition coefficient (Wildman–Crippen LogP) is 8.08. The van der Waals surface area contributed by atoms with Gasteiger partial charge in [-0.2, -0.15) is 0 Å². The summed E-state index contributed by atoms with van der Waals surface area (Å²) < 4.78 is 14.1. The molecule has 4 heteroatoms. The Morgan fingerprint density at radius 1 is 1.16 bits per heavy atom. The van der Waals surface area contributed by atoms with Gasteiger partial charge < -0.3 is 5.73 Å². The Morgan fingerprint density at radius 3 is 2.38 bits per heavy atom. The molecule has 0 atom stereocenters. The summed E-state index contributed by atoms with van der Waals surface area (Å²) in [5, 5.41) is 0. The first-order valence-electron chi connectivity index (χ1n) is 10.5. The normalized spacial score (nSPS) is 13.0. The fourth-order valence-electron chi connectivity index (χ4n) is 2.79. The molecule has 0 aliphatic heterocycles. The molecular weight excluding hydrogens is 415 g/mol. The molecule has 0 fully saturated rings. The number of nitrogens with two attached hydrogens (primary N) is 1. The first kappa shape index (κ1) is 27.2. The van der Waals surface area contributed by atoms with Gasteiger partial charge in [0, 0.05) is 16.2 Å². The summed E-state index contributed by atoms with van der Waals surface area (Å²) in [4.78, 5) is 5.01. The van der Waals surface area contributed by atoms with Crippen molar-refractivity contribution in [1.29, 1.82) is 0 Å². The van der Waals surface area contributed by atoms with Gasteiger partial charge >= 0.3 is 0 Å². The van der Waals surface area contributed by atoms with Crippen molar-refractivity contribution in [3.63, 3.8) is 0 Å². The highest BCUT2D eigenvalue weighted by atomic mass is 32.2. The van der Waals surface area contributed by atoms with E-state index in [4.69, 9.17) is 5.73 Å². The number of rotatable bonds is 12. The molecule has 0 radical (unpaired) electrons. The smallest absolute Gasteiger partial charge is 0.132 e. The fraction of sp³-hybridized carbons (Fsp3) is 0.250. The van der Waals surface area contributed by atoms with Crippen LogP contribution in [0.1, 0.15) is 44.4 Å². The summed E-state index contributed by atoms with van der Waals surface area (Å²) in [6.07, 6.45) is 9.15. The van der Waals surface area contributed by atoms with E-state index < -0.39 is 0 Å². The van der Waals surface area contributed by atoms with Crippen LogP contribution in [0.4, 0.5) is 4.39 Å². The maximum absolute atomic E-state index is 14.1. The summed E-state index contributed by atoms with van der Waals surface area (Å²) in [6.45, 7) is 23.5. The van der Waals surface area contributed by atoms with Crippen LogP contribution in [0.5, 0.6) is 0 Å². The molecule has 1 aromatic rings. The third-order valence-corrected chi connectivity index (χ3v) is 5.57. The second kappa shape index (κ2) is 13.5. The average molecular weight is 451 g/mol. The van der Waals surface area contributed by atoms with E-state index >= 15 is 0 Å². The van der Waals surface area contributed by atoms with Gasteiger partial charge in [0.25, 0.3) is 0 Å². The lowest BCUT2D eigenvalue weighted by atomic mass is 9.98. The number of thioether (sulfide) groups is 1. The van der Waals surface area contributed by atoms with E-state index in [0.29, 0.717) is 28.1 Å². The average Bonchev–Trinajstić information content (AvgIpc) is 2.73. The Hall–Kier alpha value is -2.85. The Labute approximate surface area is 197 Å². The second-order valence-electron chi connectivity index (χ2n) is 7.95. The molecule has 0 heterocycles. The zero-order valence-corrected chi connectivity index (χ0v) is 20.6. The van der Waals surface area contributed by atoms with Gasteiger partial charge in [0.1, 0.15) is 11.7 Å². The Bertz CT molecular complexity index is 991. The minimum Gasteiger partial charge on any atom is -0.384 e. The predicted molar refractivity (Wildman–Crippen MR) is 143 cm³/mol. The quantitative estimate of drug-likeness (QED) is 0.198. The lowest BCUT2D eigenvalue weighted by Crippen LogP contribution is -2.08. The number of halogens is 1. The van der Waals surface area contributed by atoms with Crippen LogP contribution in [0.2, 0.25) is 0 Å². The lowest BCUT2D eigenvalue weighted by Gasteiger charge is -2.12. The van der Waals surface area contributed by atoms with Crippen molar-refractivity contribution in [2.24, 2.45) is 16.6 Å². The van der Waals surface area contributed by atoms with Crippen LogP contribution < -0.4 is 5.73 Å². The van der Waals surface area contributed by atoms with E-state index in [1.54, 1.807) is 31.2 Å². The van der Waals surface area contributed by atoms with E-state index in [1.807, 2.05) is 13.0 Å². The van der Waals surface area contributed by atoms with Crippen molar-refractivity contribution >= 4 is 23.3 Å². The zero-order chi connectivity index (χ0) is 24.3. The molecule has 0 aliphatic rings. The summed E-state index contributed by atoms with van der Waals surface area (Å²) in [5.41, 5.74) is 11.5. The van der Waals surface area contributed by atoms with E-state index in [9.17, 15) is 4.39 Å². The van der Waals surface area contributed by atoms with Crippen LogP contribution >= 0.6 is 11.8 Å². The van der Waals surface area contributed by atoms with Gasteiger partial charge in [-0.3, -0.25) is 0 Å². The number of amidine groups is 1. The van der Waals surface area contributed by atoms with Crippen molar-refractivity contribution in [2.75, 3.05) is 0 Å². The lowest BCUT2D eigenvalue weighted by molar-refractivity contribution is 0.647. The first-order valence-corrected chi connectivity index (χ1v) is 11.5. The molecular formula is C28H35FN2S. The van der Waals surface area contributed by atoms with Crippen molar-refractivity contribution in [2.45, 2.75) is 39.9 Å². The van der Waals surface area contributed by atoms with Crippen molar-refractivity contribution < 1.29 is 4.39 Å². The molecule has 32 heavy (non-hydrogen) atoms. The van der Waals surface area contributed by atoms with Crippen LogP contribution in [0.3, 0.4) is 0 Å². The molecule has 0 amide bonds. The van der Waals surface area contributed by atoms with Crippen molar-refractivity contribution in [3.8, 4) is 0 Å². The summed E-state index contributed by atoms with van der Waals surface area (Å²) in [5.74, 6) is 1.21. The second-order valence-corrected chi connectivity index (χ2v) is 8.97. The fourth-order valence-corrected chi connectivity index (χ4v) is 3.73. The molecule has 2 N–H and O–H groups in total. The largest absolute Gasteiger partial charge is 0.384 e. The van der Waals surface area contributed by atoms with Gasteiger partial charge in [-0.1, -0.05) is 70.0 Å². The molecule has 1 aromatic carbocycles. The molecule has 1 rings (SSSR count). The minimum atomic E-state index is -0.252. The van der Waals surface area contributed by atoms with Crippen molar-refractivity contribution in [1.82, 2.24) is 0 Å². The molecule has 0 bridgehead atoms. The third-order valence-electron chi connectivity index (χ3n) is 4.45. The van der Waals surface area contributed by atoms with Crippen LogP contribution in [0.15, 0.2) is 102 Å². The van der Waals surface area contributed by atoms with Gasteiger partial charge in [0.05, 0.1) is 5.70 Å². The van der Waals surface area contributed by atoms with E-state index in [0.717, 1.165) is 28.7 Å². The summed E-state index contributed by atoms with van der Waals surface area (Å²) in [7, 11) is 0. The highest BCUT2D eigenvalue weighted by molar-refractivity contribution is 8.02. The van der Waals surface area contributed by atoms with Crippen molar-refractivity contribution in [3.05, 3.63) is 113 Å². The summed E-state index contributed by atoms with van der Waals surface area (Å²) in [6, 6.07) is 6.29. The van der Waals surface area contributed by atoms with E-state index in [1.165, 1.54) is 23.4 Å². The third kappa shape index (κ3) is 9.52. The molecule has 0 aromatic heterocycles. The molecule has 0 aliphatic carbocycles. The van der Waals surface area contributed by atoms with Gasteiger partial charge in [-0.25, -0.2) is 9.38 Å². The van der Waals surface area contributed by atoms with Gasteiger partial charge in [0.15, 0.2) is 0 Å². The molecule has 0 saturated carbocycles. The Balaban J connectivity index is 3.20.